The van der Waals surface area contributed by atoms with Crippen LogP contribution in [0.15, 0.2) is 126 Å². The van der Waals surface area contributed by atoms with Crippen LogP contribution in [0.4, 0.5) is 0 Å². The first-order valence-corrected chi connectivity index (χ1v) is 26.0. The van der Waals surface area contributed by atoms with E-state index in [1.165, 1.54) is 0 Å². The molecular formula is C51H67N3O10Si. The first-order valence-electron chi connectivity index (χ1n) is 23.1. The number of benzene rings is 4. The number of azide groups is 1. The highest BCUT2D eigenvalue weighted by molar-refractivity contribution is 6.74. The van der Waals surface area contributed by atoms with E-state index in [0.717, 1.165) is 41.5 Å². The van der Waals surface area contributed by atoms with E-state index in [0.29, 0.717) is 19.8 Å². The maximum Gasteiger partial charge on any atom is 0.192 e. The topological polar surface area (TPSA) is 141 Å². The molecule has 3 fully saturated rings. The molecule has 0 bridgehead atoms. The van der Waals surface area contributed by atoms with Gasteiger partial charge in [-0.2, -0.15) is 0 Å². The SMILES string of the molecule is CCCCCO[C@@H]1O[C@H](COCc2ccccc2)[C@@H](O[C@@H]2O[C@@H]3COC(c4ccccc4)O[C@H]3[C@H](OCc3ccccc3)[C@@H]2O[Si](C)(C)C(C)(C)C)[C@H](OCc2ccccc2)[C@H]1N=[N+]=[N-]. The van der Waals surface area contributed by atoms with Crippen molar-refractivity contribution >= 4 is 8.32 Å². The van der Waals surface area contributed by atoms with Crippen molar-refractivity contribution in [2.24, 2.45) is 5.11 Å². The third-order valence-electron chi connectivity index (χ3n) is 12.7. The van der Waals surface area contributed by atoms with E-state index in [1.54, 1.807) is 0 Å². The molecule has 0 aromatic heterocycles. The molecular weight excluding hydrogens is 843 g/mol. The lowest BCUT2D eigenvalue weighted by atomic mass is 9.95. The van der Waals surface area contributed by atoms with Crippen LogP contribution in [0.25, 0.3) is 10.4 Å². The molecule has 11 atom stereocenters. The van der Waals surface area contributed by atoms with Crippen LogP contribution in [-0.4, -0.2) is 89.5 Å². The quantitative estimate of drug-likeness (QED) is 0.0261. The minimum absolute atomic E-state index is 0.105. The van der Waals surface area contributed by atoms with Gasteiger partial charge in [-0.15, -0.1) is 0 Å². The number of unbranched alkanes of at least 4 members (excludes halogenated alkanes) is 2. The van der Waals surface area contributed by atoms with Crippen LogP contribution in [-0.2, 0) is 66.9 Å². The Labute approximate surface area is 385 Å². The average molecular weight is 910 g/mol. The van der Waals surface area contributed by atoms with Gasteiger partial charge in [0, 0.05) is 17.1 Å². The predicted molar refractivity (Wildman–Crippen MR) is 249 cm³/mol. The Morgan fingerprint density at radius 2 is 1.26 bits per heavy atom. The lowest BCUT2D eigenvalue weighted by molar-refractivity contribution is -0.384. The van der Waals surface area contributed by atoms with Gasteiger partial charge in [0.15, 0.2) is 27.2 Å². The normalized spacial score (nSPS) is 28.2. The van der Waals surface area contributed by atoms with Crippen molar-refractivity contribution in [3.8, 4) is 0 Å². The lowest BCUT2D eigenvalue weighted by Gasteiger charge is -2.53. The summed E-state index contributed by atoms with van der Waals surface area (Å²) in [7, 11) is -2.60. The molecule has 0 radical (unpaired) electrons. The minimum Gasteiger partial charge on any atom is -0.406 e. The molecule has 4 aromatic carbocycles. The fraction of sp³-hybridized carbons (Fsp3) is 0.529. The molecule has 3 aliphatic rings. The lowest BCUT2D eigenvalue weighted by Crippen LogP contribution is -2.68. The van der Waals surface area contributed by atoms with Crippen molar-refractivity contribution in [2.45, 2.75) is 153 Å². The first kappa shape index (κ1) is 48.9. The molecule has 65 heavy (non-hydrogen) atoms. The van der Waals surface area contributed by atoms with Crippen LogP contribution in [0.1, 0.15) is 75.5 Å². The molecule has 0 spiro atoms. The van der Waals surface area contributed by atoms with Gasteiger partial charge in [0.2, 0.25) is 0 Å². The predicted octanol–water partition coefficient (Wildman–Crippen LogP) is 10.6. The van der Waals surface area contributed by atoms with E-state index in [9.17, 15) is 5.53 Å². The number of hydrogen-bond acceptors (Lipinski definition) is 11. The summed E-state index contributed by atoms with van der Waals surface area (Å²) in [6, 6.07) is 38.8. The fourth-order valence-electron chi connectivity index (χ4n) is 8.08. The van der Waals surface area contributed by atoms with E-state index >= 15 is 0 Å². The van der Waals surface area contributed by atoms with Gasteiger partial charge in [-0.3, -0.25) is 0 Å². The summed E-state index contributed by atoms with van der Waals surface area (Å²) < 4.78 is 68.6. The zero-order valence-corrected chi connectivity index (χ0v) is 39.7. The molecule has 1 unspecified atom stereocenters. The fourth-order valence-corrected chi connectivity index (χ4v) is 9.36. The van der Waals surface area contributed by atoms with Gasteiger partial charge in [-0.25, -0.2) is 0 Å². The molecule has 350 valence electrons. The maximum atomic E-state index is 10.1. The van der Waals surface area contributed by atoms with Gasteiger partial charge in [0.05, 0.1) is 33.0 Å². The van der Waals surface area contributed by atoms with Crippen LogP contribution in [0.2, 0.25) is 18.1 Å². The second-order valence-corrected chi connectivity index (χ2v) is 23.3. The van der Waals surface area contributed by atoms with Crippen LogP contribution in [0.5, 0.6) is 0 Å². The van der Waals surface area contributed by atoms with Gasteiger partial charge in [0.25, 0.3) is 0 Å². The molecule has 0 amide bonds. The van der Waals surface area contributed by atoms with Gasteiger partial charge in [-0.05, 0) is 46.8 Å². The van der Waals surface area contributed by atoms with E-state index < -0.39 is 76.0 Å². The van der Waals surface area contributed by atoms with Crippen LogP contribution >= 0.6 is 0 Å². The Bertz CT molecular complexity index is 2040. The van der Waals surface area contributed by atoms with Crippen LogP contribution < -0.4 is 0 Å². The van der Waals surface area contributed by atoms with Crippen molar-refractivity contribution < 1.29 is 47.1 Å². The van der Waals surface area contributed by atoms with Crippen molar-refractivity contribution in [3.05, 3.63) is 154 Å². The van der Waals surface area contributed by atoms with E-state index in [-0.39, 0.29) is 24.9 Å². The molecule has 0 aliphatic carbocycles. The molecule has 0 N–H and O–H groups in total. The third-order valence-corrected chi connectivity index (χ3v) is 17.2. The molecule has 14 heteroatoms. The van der Waals surface area contributed by atoms with E-state index in [2.05, 4.69) is 50.8 Å². The number of fused-ring (bicyclic) bond motifs is 1. The monoisotopic (exact) mass is 909 g/mol. The van der Waals surface area contributed by atoms with E-state index in [4.69, 9.17) is 47.1 Å². The number of hydrogen-bond donors (Lipinski definition) is 0. The molecule has 4 aromatic rings. The Hall–Kier alpha value is -3.99. The Kier molecular flexibility index (Phi) is 17.8. The smallest absolute Gasteiger partial charge is 0.192 e. The minimum atomic E-state index is -2.60. The summed E-state index contributed by atoms with van der Waals surface area (Å²) in [5, 5.41) is 4.11. The maximum absolute atomic E-state index is 10.1. The highest BCUT2D eigenvalue weighted by Gasteiger charge is 2.57. The average Bonchev–Trinajstić information content (AvgIpc) is 3.31. The highest BCUT2D eigenvalue weighted by atomic mass is 28.4. The highest BCUT2D eigenvalue weighted by Crippen LogP contribution is 2.44. The summed E-state index contributed by atoms with van der Waals surface area (Å²) in [4.78, 5) is 3.30. The summed E-state index contributed by atoms with van der Waals surface area (Å²) in [6.07, 6.45) is -5.05. The number of ether oxygens (including phenoxy) is 9. The van der Waals surface area contributed by atoms with Crippen LogP contribution in [0, 0.1) is 0 Å². The molecule has 3 saturated heterocycles. The van der Waals surface area contributed by atoms with Crippen molar-refractivity contribution in [3.63, 3.8) is 0 Å². The Balaban J connectivity index is 1.28. The largest absolute Gasteiger partial charge is 0.406 e. The van der Waals surface area contributed by atoms with Gasteiger partial charge < -0.3 is 47.1 Å². The van der Waals surface area contributed by atoms with Gasteiger partial charge in [-0.1, -0.05) is 167 Å². The first-order chi connectivity index (χ1) is 31.5. The second-order valence-electron chi connectivity index (χ2n) is 18.5. The third kappa shape index (κ3) is 13.1. The van der Waals surface area contributed by atoms with Crippen LogP contribution in [0.3, 0.4) is 0 Å². The molecule has 7 rings (SSSR count). The zero-order valence-electron chi connectivity index (χ0n) is 38.7. The number of nitrogens with zero attached hydrogens (tertiary/aromatic N) is 3. The van der Waals surface area contributed by atoms with Gasteiger partial charge in [0.1, 0.15) is 48.8 Å². The summed E-state index contributed by atoms with van der Waals surface area (Å²) in [5.74, 6) is 0. The van der Waals surface area contributed by atoms with E-state index in [1.807, 2.05) is 121 Å². The molecule has 3 heterocycles. The Morgan fingerprint density at radius 1 is 0.677 bits per heavy atom. The van der Waals surface area contributed by atoms with Crippen molar-refractivity contribution in [2.75, 3.05) is 19.8 Å². The molecule has 13 nitrogen and oxygen atoms in total. The molecule has 3 aliphatic heterocycles. The second kappa shape index (κ2) is 23.6. The van der Waals surface area contributed by atoms with Gasteiger partial charge >= 0.3 is 0 Å². The summed E-state index contributed by atoms with van der Waals surface area (Å²) in [6.45, 7) is 14.7. The van der Waals surface area contributed by atoms with Crippen molar-refractivity contribution in [1.29, 1.82) is 0 Å². The number of rotatable bonds is 21. The Morgan fingerprint density at radius 3 is 1.85 bits per heavy atom. The summed E-state index contributed by atoms with van der Waals surface area (Å²) in [5.41, 5.74) is 13.9. The zero-order chi connectivity index (χ0) is 45.7. The van der Waals surface area contributed by atoms with Crippen molar-refractivity contribution in [1.82, 2.24) is 0 Å². The standard InChI is InChI=1S/C51H67N3O10Si/c1-7-8-21-30-56-49-42(53-54-52)45(57-32-37-24-15-10-16-25-37)43(40(60-49)34-55-31-36-22-13-9-14-23-36)63-50-47(64-65(5,6)51(2,3)4)46(58-33-38-26-17-11-18-27-38)44-41(61-50)35-59-48(62-44)39-28-19-12-20-29-39/h9-20,22-29,40-50H,7-8,21,30-35H2,1-6H3/t40-,41-,42-,43-,44-,45-,46+,47+,48?,49-,50+/m1/s1. The summed E-state index contributed by atoms with van der Waals surface area (Å²) >= 11 is 0. The molecule has 0 saturated carbocycles.